The van der Waals surface area contributed by atoms with Crippen LogP contribution in [0.5, 0.6) is 0 Å². The third-order valence-corrected chi connectivity index (χ3v) is 3.27. The van der Waals surface area contributed by atoms with Gasteiger partial charge in [0.2, 0.25) is 0 Å². The summed E-state index contributed by atoms with van der Waals surface area (Å²) in [5.74, 6) is 3.98. The Morgan fingerprint density at radius 2 is 2.14 bits per heavy atom. The molecule has 0 amide bonds. The quantitative estimate of drug-likeness (QED) is 0.723. The van der Waals surface area contributed by atoms with Crippen molar-refractivity contribution in [2.45, 2.75) is 45.0 Å². The number of aromatic nitrogens is 3. The van der Waals surface area contributed by atoms with E-state index in [9.17, 15) is 0 Å². The fourth-order valence-corrected chi connectivity index (χ4v) is 2.41. The fraction of sp³-hybridized carbons (Fsp3) is 0.800. The Kier molecular flexibility index (Phi) is 2.77. The van der Waals surface area contributed by atoms with Crippen molar-refractivity contribution in [2.75, 3.05) is 0 Å². The maximum absolute atomic E-state index is 5.80. The lowest BCUT2D eigenvalue weighted by molar-refractivity contribution is 0.271. The number of hydrogen-bond donors (Lipinski definition) is 0. The molecule has 4 heteroatoms. The average Bonchev–Trinajstić information content (AvgIpc) is 2.54. The van der Waals surface area contributed by atoms with Gasteiger partial charge in [0, 0.05) is 12.5 Å². The van der Waals surface area contributed by atoms with Crippen LogP contribution in [-0.4, -0.2) is 14.8 Å². The highest BCUT2D eigenvalue weighted by Crippen LogP contribution is 2.40. The first-order valence-electron chi connectivity index (χ1n) is 5.24. The van der Waals surface area contributed by atoms with Crippen molar-refractivity contribution in [3.05, 3.63) is 11.6 Å². The van der Waals surface area contributed by atoms with Crippen molar-refractivity contribution in [3.63, 3.8) is 0 Å². The topological polar surface area (TPSA) is 30.7 Å². The fourth-order valence-electron chi connectivity index (χ4n) is 2.21. The van der Waals surface area contributed by atoms with E-state index in [4.69, 9.17) is 11.6 Å². The molecule has 1 saturated carbocycles. The van der Waals surface area contributed by atoms with Gasteiger partial charge in [0.25, 0.3) is 0 Å². The van der Waals surface area contributed by atoms with E-state index in [2.05, 4.69) is 28.6 Å². The van der Waals surface area contributed by atoms with E-state index >= 15 is 0 Å². The lowest BCUT2D eigenvalue weighted by atomic mass is 9.75. The molecular weight excluding hydrogens is 198 g/mol. The molecule has 0 spiro atoms. The highest BCUT2D eigenvalue weighted by molar-refractivity contribution is 6.16. The van der Waals surface area contributed by atoms with Gasteiger partial charge in [-0.05, 0) is 25.7 Å². The van der Waals surface area contributed by atoms with Gasteiger partial charge < -0.3 is 4.57 Å². The minimum Gasteiger partial charge on any atom is -0.314 e. The molecule has 1 aliphatic rings. The van der Waals surface area contributed by atoms with Crippen molar-refractivity contribution >= 4 is 11.6 Å². The van der Waals surface area contributed by atoms with E-state index in [-0.39, 0.29) is 0 Å². The van der Waals surface area contributed by atoms with Gasteiger partial charge >= 0.3 is 0 Å². The van der Waals surface area contributed by atoms with Gasteiger partial charge in [0.15, 0.2) is 0 Å². The first-order chi connectivity index (χ1) is 6.76. The molecule has 1 aromatic rings. The van der Waals surface area contributed by atoms with Crippen LogP contribution >= 0.6 is 11.6 Å². The number of hydrogen-bond acceptors (Lipinski definition) is 2. The Bertz CT molecular complexity index is 315. The van der Waals surface area contributed by atoms with Gasteiger partial charge in [-0.3, -0.25) is 0 Å². The summed E-state index contributed by atoms with van der Waals surface area (Å²) in [6, 6.07) is 0. The van der Waals surface area contributed by atoms with Gasteiger partial charge in [-0.25, -0.2) is 0 Å². The predicted molar refractivity (Wildman–Crippen MR) is 56.4 cm³/mol. The molecule has 0 saturated heterocycles. The van der Waals surface area contributed by atoms with Gasteiger partial charge in [0.05, 0.1) is 5.88 Å². The zero-order valence-corrected chi connectivity index (χ0v) is 9.46. The zero-order valence-electron chi connectivity index (χ0n) is 8.70. The van der Waals surface area contributed by atoms with Crippen molar-refractivity contribution in [2.24, 2.45) is 5.92 Å². The monoisotopic (exact) mass is 213 g/mol. The number of alkyl halides is 1. The standard InChI is InChI=1S/C10H16ClN3/c1-3-14-9(6-11)12-13-10(14)8-4-7(2)5-8/h7-8H,3-6H2,1-2H3. The Morgan fingerprint density at radius 3 is 2.64 bits per heavy atom. The predicted octanol–water partition coefficient (Wildman–Crippen LogP) is 2.55. The van der Waals surface area contributed by atoms with Crippen LogP contribution in [0.3, 0.4) is 0 Å². The Morgan fingerprint density at radius 1 is 1.43 bits per heavy atom. The van der Waals surface area contributed by atoms with Crippen LogP contribution in [-0.2, 0) is 12.4 Å². The lowest BCUT2D eigenvalue weighted by Gasteiger charge is -2.31. The summed E-state index contributed by atoms with van der Waals surface area (Å²) >= 11 is 5.80. The van der Waals surface area contributed by atoms with Crippen molar-refractivity contribution in [1.29, 1.82) is 0 Å². The molecule has 0 bridgehead atoms. The third-order valence-electron chi connectivity index (χ3n) is 3.03. The van der Waals surface area contributed by atoms with Gasteiger partial charge in [-0.15, -0.1) is 21.8 Å². The second kappa shape index (κ2) is 3.89. The highest BCUT2D eigenvalue weighted by Gasteiger charge is 2.31. The SMILES string of the molecule is CCn1c(CCl)nnc1C1CC(C)C1. The molecule has 0 atom stereocenters. The summed E-state index contributed by atoms with van der Waals surface area (Å²) in [6.07, 6.45) is 2.50. The van der Waals surface area contributed by atoms with Crippen molar-refractivity contribution in [3.8, 4) is 0 Å². The largest absolute Gasteiger partial charge is 0.314 e. The Balaban J connectivity index is 2.20. The lowest BCUT2D eigenvalue weighted by Crippen LogP contribution is -2.22. The molecule has 1 aliphatic carbocycles. The molecule has 2 rings (SSSR count). The number of halogens is 1. The van der Waals surface area contributed by atoms with E-state index in [0.717, 1.165) is 24.1 Å². The highest BCUT2D eigenvalue weighted by atomic mass is 35.5. The zero-order chi connectivity index (χ0) is 10.1. The van der Waals surface area contributed by atoms with E-state index in [0.29, 0.717) is 11.8 Å². The van der Waals surface area contributed by atoms with Crippen LogP contribution < -0.4 is 0 Å². The van der Waals surface area contributed by atoms with E-state index in [1.807, 2.05) is 0 Å². The minimum absolute atomic E-state index is 0.461. The van der Waals surface area contributed by atoms with Crippen LogP contribution in [0.2, 0.25) is 0 Å². The van der Waals surface area contributed by atoms with E-state index < -0.39 is 0 Å². The van der Waals surface area contributed by atoms with Crippen LogP contribution in [0, 0.1) is 5.92 Å². The maximum Gasteiger partial charge on any atom is 0.147 e. The van der Waals surface area contributed by atoms with Crippen LogP contribution in [0.4, 0.5) is 0 Å². The molecular formula is C10H16ClN3. The molecule has 0 radical (unpaired) electrons. The average molecular weight is 214 g/mol. The summed E-state index contributed by atoms with van der Waals surface area (Å²) in [4.78, 5) is 0. The molecule has 0 N–H and O–H groups in total. The van der Waals surface area contributed by atoms with Gasteiger partial charge in [0.1, 0.15) is 11.6 Å². The normalized spacial score (nSPS) is 26.2. The molecule has 0 unspecified atom stereocenters. The van der Waals surface area contributed by atoms with Crippen LogP contribution in [0.1, 0.15) is 44.3 Å². The minimum atomic E-state index is 0.461. The smallest absolute Gasteiger partial charge is 0.147 e. The first kappa shape index (κ1) is 9.97. The second-order valence-corrected chi connectivity index (χ2v) is 4.39. The maximum atomic E-state index is 5.80. The summed E-state index contributed by atoms with van der Waals surface area (Å²) in [5.41, 5.74) is 0. The van der Waals surface area contributed by atoms with E-state index in [1.54, 1.807) is 0 Å². The summed E-state index contributed by atoms with van der Waals surface area (Å²) in [6.45, 7) is 5.33. The molecule has 3 nitrogen and oxygen atoms in total. The Labute approximate surface area is 89.5 Å². The molecule has 78 valence electrons. The summed E-state index contributed by atoms with van der Waals surface area (Å²) in [5, 5.41) is 8.36. The Hall–Kier alpha value is -0.570. The molecule has 1 fully saturated rings. The molecule has 0 aromatic carbocycles. The van der Waals surface area contributed by atoms with Crippen molar-refractivity contribution in [1.82, 2.24) is 14.8 Å². The van der Waals surface area contributed by atoms with Crippen molar-refractivity contribution < 1.29 is 0 Å². The number of rotatable bonds is 3. The van der Waals surface area contributed by atoms with E-state index in [1.165, 1.54) is 12.8 Å². The molecule has 0 aliphatic heterocycles. The summed E-state index contributed by atoms with van der Waals surface area (Å²) < 4.78 is 2.16. The third kappa shape index (κ3) is 1.54. The van der Waals surface area contributed by atoms with Crippen LogP contribution in [0.15, 0.2) is 0 Å². The first-order valence-corrected chi connectivity index (χ1v) is 5.77. The molecule has 1 heterocycles. The molecule has 14 heavy (non-hydrogen) atoms. The van der Waals surface area contributed by atoms with Gasteiger partial charge in [-0.1, -0.05) is 6.92 Å². The summed E-state index contributed by atoms with van der Waals surface area (Å²) in [7, 11) is 0. The number of nitrogens with zero attached hydrogens (tertiary/aromatic N) is 3. The van der Waals surface area contributed by atoms with Crippen LogP contribution in [0.25, 0.3) is 0 Å². The van der Waals surface area contributed by atoms with Gasteiger partial charge in [-0.2, -0.15) is 0 Å². The molecule has 1 aromatic heterocycles. The second-order valence-electron chi connectivity index (χ2n) is 4.13.